The molecule has 1 aromatic carbocycles. The number of pyridine rings is 1. The Kier molecular flexibility index (Phi) is 4.48. The summed E-state index contributed by atoms with van der Waals surface area (Å²) in [6.07, 6.45) is 2.57. The fourth-order valence-corrected chi connectivity index (χ4v) is 2.85. The molecule has 1 aliphatic carbocycles. The van der Waals surface area contributed by atoms with Gasteiger partial charge in [-0.2, -0.15) is 0 Å². The van der Waals surface area contributed by atoms with Gasteiger partial charge in [0, 0.05) is 29.4 Å². The number of nitrogens with one attached hydrogen (secondary N) is 1. The first-order valence-corrected chi connectivity index (χ1v) is 8.11. The van der Waals surface area contributed by atoms with E-state index in [-0.39, 0.29) is 0 Å². The van der Waals surface area contributed by atoms with Crippen molar-refractivity contribution >= 4 is 27.5 Å². The number of aryl methyl sites for hydroxylation is 1. The van der Waals surface area contributed by atoms with Crippen molar-refractivity contribution in [2.24, 2.45) is 0 Å². The highest BCUT2D eigenvalue weighted by Crippen LogP contribution is 2.31. The van der Waals surface area contributed by atoms with Gasteiger partial charge in [-0.05, 0) is 65.5 Å². The molecule has 3 nitrogen and oxygen atoms in total. The van der Waals surface area contributed by atoms with Gasteiger partial charge in [0.2, 0.25) is 5.88 Å². The number of ether oxygens (including phenoxy) is 1. The number of rotatable bonds is 5. The van der Waals surface area contributed by atoms with E-state index < -0.39 is 0 Å². The number of halogens is 2. The molecule has 0 bridgehead atoms. The van der Waals surface area contributed by atoms with Crippen molar-refractivity contribution in [3.8, 4) is 11.6 Å². The van der Waals surface area contributed by atoms with Crippen molar-refractivity contribution in [3.05, 3.63) is 51.1 Å². The minimum absolute atomic E-state index is 0.602. The molecule has 1 saturated carbocycles. The summed E-state index contributed by atoms with van der Waals surface area (Å²) in [6.45, 7) is 2.83. The number of aromatic nitrogens is 1. The van der Waals surface area contributed by atoms with Crippen LogP contribution in [0.1, 0.15) is 24.1 Å². The molecule has 3 rings (SSSR count). The molecule has 0 unspecified atom stereocenters. The van der Waals surface area contributed by atoms with Crippen LogP contribution in [-0.4, -0.2) is 11.0 Å². The third-order valence-electron chi connectivity index (χ3n) is 3.27. The lowest BCUT2D eigenvalue weighted by atomic mass is 10.2. The highest BCUT2D eigenvalue weighted by atomic mass is 79.9. The normalized spacial score (nSPS) is 14.2. The van der Waals surface area contributed by atoms with Crippen LogP contribution in [0, 0.1) is 6.92 Å². The molecule has 1 aromatic heterocycles. The molecule has 0 aliphatic heterocycles. The Bertz CT molecular complexity index is 659. The first-order chi connectivity index (χ1) is 10.1. The van der Waals surface area contributed by atoms with E-state index in [2.05, 4.69) is 32.3 Å². The Labute approximate surface area is 137 Å². The second-order valence-corrected chi connectivity index (χ2v) is 6.58. The van der Waals surface area contributed by atoms with Gasteiger partial charge in [0.15, 0.2) is 0 Å². The largest absolute Gasteiger partial charge is 0.438 e. The summed E-state index contributed by atoms with van der Waals surface area (Å²) in [4.78, 5) is 4.43. The van der Waals surface area contributed by atoms with Crippen LogP contribution in [0.3, 0.4) is 0 Å². The van der Waals surface area contributed by atoms with Crippen LogP contribution in [-0.2, 0) is 6.54 Å². The predicted molar refractivity (Wildman–Crippen MR) is 88.1 cm³/mol. The fraction of sp³-hybridized carbons (Fsp3) is 0.312. The Morgan fingerprint density at radius 2 is 2.14 bits per heavy atom. The van der Waals surface area contributed by atoms with Gasteiger partial charge in [-0.1, -0.05) is 11.6 Å². The average Bonchev–Trinajstić information content (AvgIpc) is 3.23. The zero-order chi connectivity index (χ0) is 14.8. The van der Waals surface area contributed by atoms with E-state index in [1.807, 2.05) is 25.1 Å². The maximum atomic E-state index is 5.94. The van der Waals surface area contributed by atoms with Crippen molar-refractivity contribution in [1.29, 1.82) is 0 Å². The summed E-state index contributed by atoms with van der Waals surface area (Å²) >= 11 is 9.39. The molecule has 1 N–H and O–H groups in total. The van der Waals surface area contributed by atoms with Crippen LogP contribution in [0.5, 0.6) is 11.6 Å². The number of hydrogen-bond acceptors (Lipinski definition) is 3. The monoisotopic (exact) mass is 366 g/mol. The van der Waals surface area contributed by atoms with Gasteiger partial charge in [-0.3, -0.25) is 0 Å². The summed E-state index contributed by atoms with van der Waals surface area (Å²) in [5.74, 6) is 1.31. The van der Waals surface area contributed by atoms with Crippen molar-refractivity contribution in [1.82, 2.24) is 10.3 Å². The van der Waals surface area contributed by atoms with Gasteiger partial charge < -0.3 is 10.1 Å². The van der Waals surface area contributed by atoms with E-state index in [9.17, 15) is 0 Å². The standard InChI is InChI=1S/C16H16BrClN2O/c1-10-6-11(9-19-13-3-4-13)7-16(20-10)21-15-5-2-12(18)8-14(15)17/h2,5-8,13,19H,3-4,9H2,1H3. The maximum Gasteiger partial charge on any atom is 0.219 e. The molecular formula is C16H16BrClN2O. The number of nitrogens with zero attached hydrogens (tertiary/aromatic N) is 1. The van der Waals surface area contributed by atoms with E-state index >= 15 is 0 Å². The van der Waals surface area contributed by atoms with Crippen molar-refractivity contribution in [2.45, 2.75) is 32.4 Å². The van der Waals surface area contributed by atoms with E-state index in [1.54, 1.807) is 6.07 Å². The lowest BCUT2D eigenvalue weighted by Gasteiger charge is -2.10. The molecule has 1 fully saturated rings. The topological polar surface area (TPSA) is 34.1 Å². The van der Waals surface area contributed by atoms with Gasteiger partial charge >= 0.3 is 0 Å². The van der Waals surface area contributed by atoms with Crippen LogP contribution >= 0.6 is 27.5 Å². The van der Waals surface area contributed by atoms with Gasteiger partial charge in [-0.25, -0.2) is 4.98 Å². The molecule has 110 valence electrons. The van der Waals surface area contributed by atoms with Crippen molar-refractivity contribution in [2.75, 3.05) is 0 Å². The van der Waals surface area contributed by atoms with Crippen LogP contribution in [0.15, 0.2) is 34.8 Å². The third kappa shape index (κ3) is 4.19. The highest BCUT2D eigenvalue weighted by Gasteiger charge is 2.20. The maximum absolute atomic E-state index is 5.94. The number of hydrogen-bond donors (Lipinski definition) is 1. The molecule has 1 aliphatic rings. The summed E-state index contributed by atoms with van der Waals surface area (Å²) in [5, 5.41) is 4.17. The quantitative estimate of drug-likeness (QED) is 0.820. The number of benzene rings is 1. The minimum Gasteiger partial charge on any atom is -0.438 e. The van der Waals surface area contributed by atoms with Gasteiger partial charge in [-0.15, -0.1) is 0 Å². The molecule has 21 heavy (non-hydrogen) atoms. The summed E-state index contributed by atoms with van der Waals surface area (Å²) in [5.41, 5.74) is 2.14. The van der Waals surface area contributed by atoms with Crippen LogP contribution < -0.4 is 10.1 Å². The Morgan fingerprint density at radius 1 is 1.33 bits per heavy atom. The average molecular weight is 368 g/mol. The molecule has 0 saturated heterocycles. The molecule has 0 amide bonds. The third-order valence-corrected chi connectivity index (χ3v) is 4.13. The highest BCUT2D eigenvalue weighted by molar-refractivity contribution is 9.10. The predicted octanol–water partition coefficient (Wildman–Crippen LogP) is 4.85. The second-order valence-electron chi connectivity index (χ2n) is 5.29. The van der Waals surface area contributed by atoms with Crippen LogP contribution in [0.2, 0.25) is 5.02 Å². The summed E-state index contributed by atoms with van der Waals surface area (Å²) in [6, 6.07) is 10.2. The summed E-state index contributed by atoms with van der Waals surface area (Å²) < 4.78 is 6.68. The van der Waals surface area contributed by atoms with E-state index in [0.717, 1.165) is 16.7 Å². The van der Waals surface area contributed by atoms with Crippen LogP contribution in [0.4, 0.5) is 0 Å². The Hall–Kier alpha value is -1.10. The first kappa shape index (κ1) is 14.8. The second kappa shape index (κ2) is 6.34. The fourth-order valence-electron chi connectivity index (χ4n) is 2.08. The minimum atomic E-state index is 0.602. The van der Waals surface area contributed by atoms with Gasteiger partial charge in [0.05, 0.1) is 4.47 Å². The van der Waals surface area contributed by atoms with E-state index in [4.69, 9.17) is 16.3 Å². The van der Waals surface area contributed by atoms with Gasteiger partial charge in [0.25, 0.3) is 0 Å². The molecule has 0 spiro atoms. The zero-order valence-electron chi connectivity index (χ0n) is 11.7. The lowest BCUT2D eigenvalue weighted by Crippen LogP contribution is -2.15. The molecule has 5 heteroatoms. The molecule has 0 atom stereocenters. The van der Waals surface area contributed by atoms with E-state index in [0.29, 0.717) is 22.7 Å². The summed E-state index contributed by atoms with van der Waals surface area (Å²) in [7, 11) is 0. The molecule has 2 aromatic rings. The Balaban J connectivity index is 1.77. The van der Waals surface area contributed by atoms with E-state index in [1.165, 1.54) is 18.4 Å². The van der Waals surface area contributed by atoms with Crippen molar-refractivity contribution < 1.29 is 4.74 Å². The van der Waals surface area contributed by atoms with Crippen LogP contribution in [0.25, 0.3) is 0 Å². The van der Waals surface area contributed by atoms with Crippen molar-refractivity contribution in [3.63, 3.8) is 0 Å². The molecule has 1 heterocycles. The SMILES string of the molecule is Cc1cc(CNC2CC2)cc(Oc2ccc(Cl)cc2Br)n1. The first-order valence-electron chi connectivity index (χ1n) is 6.94. The lowest BCUT2D eigenvalue weighted by molar-refractivity contribution is 0.457. The zero-order valence-corrected chi connectivity index (χ0v) is 14.0. The Morgan fingerprint density at radius 3 is 2.86 bits per heavy atom. The van der Waals surface area contributed by atoms with Gasteiger partial charge in [0.1, 0.15) is 5.75 Å². The molecular weight excluding hydrogens is 352 g/mol. The smallest absolute Gasteiger partial charge is 0.219 e. The molecule has 0 radical (unpaired) electrons.